The monoisotopic (exact) mass is 761 g/mol. The summed E-state index contributed by atoms with van der Waals surface area (Å²) in [5.74, 6) is -2.10. The number of rotatable bonds is 12. The van der Waals surface area contributed by atoms with Crippen LogP contribution in [0.2, 0.25) is 0 Å². The van der Waals surface area contributed by atoms with Gasteiger partial charge < -0.3 is 25.6 Å². The summed E-state index contributed by atoms with van der Waals surface area (Å²) in [4.78, 5) is 68.3. The number of carbonyl (C=O) groups is 5. The maximum Gasteiger partial charge on any atom is 0.306 e. The second-order valence-corrected chi connectivity index (χ2v) is 16.7. The Balaban J connectivity index is 0.863. The fraction of sp³-hybridized carbons (Fsp3) is 0.467. The van der Waals surface area contributed by atoms with Crippen molar-refractivity contribution in [1.82, 2.24) is 4.98 Å². The zero-order chi connectivity index (χ0) is 39.8. The number of ether oxygens (including phenoxy) is 2. The molecule has 294 valence electrons. The molecule has 9 atom stereocenters. The van der Waals surface area contributed by atoms with E-state index in [4.69, 9.17) is 15.2 Å². The number of hydrogen-bond acceptors (Lipinski definition) is 10. The van der Waals surface area contributed by atoms with Crippen molar-refractivity contribution in [3.63, 3.8) is 0 Å². The highest BCUT2D eigenvalue weighted by Crippen LogP contribution is 2.67. The number of esters is 2. The van der Waals surface area contributed by atoms with Gasteiger partial charge in [0.2, 0.25) is 5.91 Å². The van der Waals surface area contributed by atoms with Crippen LogP contribution in [0.4, 0.5) is 5.69 Å². The maximum atomic E-state index is 13.7. The van der Waals surface area contributed by atoms with E-state index in [1.807, 2.05) is 30.3 Å². The summed E-state index contributed by atoms with van der Waals surface area (Å²) in [6.45, 7) is 6.03. The number of nitrogens with zero attached hydrogens (tertiary/aromatic N) is 1. The molecular formula is C45H51N3O8. The summed E-state index contributed by atoms with van der Waals surface area (Å²) in [6.07, 6.45) is 10.7. The highest BCUT2D eigenvalue weighted by atomic mass is 16.5. The van der Waals surface area contributed by atoms with Crippen LogP contribution in [0.1, 0.15) is 76.3 Å². The van der Waals surface area contributed by atoms with E-state index in [0.29, 0.717) is 17.7 Å². The van der Waals surface area contributed by atoms with Gasteiger partial charge in [-0.25, -0.2) is 0 Å². The van der Waals surface area contributed by atoms with E-state index in [0.717, 1.165) is 41.2 Å². The van der Waals surface area contributed by atoms with Gasteiger partial charge in [-0.05, 0) is 95.7 Å². The van der Waals surface area contributed by atoms with E-state index < -0.39 is 29.4 Å². The number of Topliss-reactive ketones (excluding diaryl/α,β-unsaturated/α-hetero) is 1. The Morgan fingerprint density at radius 1 is 1.02 bits per heavy atom. The van der Waals surface area contributed by atoms with Crippen molar-refractivity contribution in [3.8, 4) is 0 Å². The number of nitrogens with two attached hydrogens (primary N) is 1. The molecule has 1 heterocycles. The zero-order valence-electron chi connectivity index (χ0n) is 32.2. The van der Waals surface area contributed by atoms with E-state index >= 15 is 0 Å². The minimum Gasteiger partial charge on any atom is -0.461 e. The van der Waals surface area contributed by atoms with Crippen LogP contribution < -0.4 is 11.1 Å². The van der Waals surface area contributed by atoms with Gasteiger partial charge in [0.25, 0.3) is 0 Å². The molecule has 11 heteroatoms. The summed E-state index contributed by atoms with van der Waals surface area (Å²) >= 11 is 0. The van der Waals surface area contributed by atoms with E-state index in [9.17, 15) is 29.1 Å². The Kier molecular flexibility index (Phi) is 11.1. The zero-order valence-corrected chi connectivity index (χ0v) is 32.2. The normalized spacial score (nSPS) is 29.7. The number of benzene rings is 2. The molecule has 3 fully saturated rings. The third-order valence-electron chi connectivity index (χ3n) is 13.3. The number of hydrogen-bond donors (Lipinski definition) is 3. The molecule has 0 saturated heterocycles. The number of aliphatic hydroxyl groups is 1. The lowest BCUT2D eigenvalue weighted by Crippen LogP contribution is -2.56. The SMILES string of the molecule is C[C@@H]1CC2[C@@H]3CCC4=CC(=O)C=C[C@]4(C)C3[C@@H](O)C[C@]2(C)[C@H]1C(=O)COC(=O)CCC(=O)OCc1ccc(C(CN)C(=O)Nc2ccc3cnccc3c2)cc1. The van der Waals surface area contributed by atoms with Crippen molar-refractivity contribution in [1.29, 1.82) is 0 Å². The minimum atomic E-state index is -0.652. The molecular weight excluding hydrogens is 711 g/mol. The Labute approximate surface area is 327 Å². The van der Waals surface area contributed by atoms with Crippen LogP contribution in [-0.4, -0.2) is 58.8 Å². The average molecular weight is 762 g/mol. The quantitative estimate of drug-likeness (QED) is 0.186. The standard InChI is InChI=1S/C45H51N3O8/c1-26-18-36-34-11-9-31-20-33(49)14-16-44(31,2)42(34)37(50)21-45(36,3)41(26)38(51)25-56-40(53)13-12-39(52)55-24-27-4-6-28(7-5-27)35(22-46)43(54)48-32-10-8-30-23-47-17-15-29(30)19-32/h4-8,10,14-17,19-20,23,26,34-37,41-42,50H,9,11-13,18,21-22,24-25,46H2,1-3H3,(H,48,54)/t26-,34+,35?,36?,37+,41-,42?,44+,45+/m1/s1. The number of allylic oxidation sites excluding steroid dienone is 4. The van der Waals surface area contributed by atoms with Crippen LogP contribution in [0.25, 0.3) is 10.8 Å². The number of fused-ring (bicyclic) bond motifs is 6. The van der Waals surface area contributed by atoms with Gasteiger partial charge in [-0.15, -0.1) is 0 Å². The number of aliphatic hydroxyl groups excluding tert-OH is 1. The molecule has 7 rings (SSSR count). The molecule has 4 aliphatic carbocycles. The molecule has 2 aromatic carbocycles. The molecule has 56 heavy (non-hydrogen) atoms. The summed E-state index contributed by atoms with van der Waals surface area (Å²) < 4.78 is 10.8. The van der Waals surface area contributed by atoms with Gasteiger partial charge >= 0.3 is 11.9 Å². The highest BCUT2D eigenvalue weighted by molar-refractivity contribution is 6.01. The van der Waals surface area contributed by atoms with Gasteiger partial charge in [-0.1, -0.05) is 62.8 Å². The molecule has 11 nitrogen and oxygen atoms in total. The van der Waals surface area contributed by atoms with Crippen LogP contribution in [-0.2, 0) is 40.1 Å². The average Bonchev–Trinajstić information content (AvgIpc) is 3.45. The van der Waals surface area contributed by atoms with Crippen LogP contribution in [0, 0.1) is 40.4 Å². The van der Waals surface area contributed by atoms with Crippen molar-refractivity contribution in [2.75, 3.05) is 18.5 Å². The van der Waals surface area contributed by atoms with Crippen LogP contribution >= 0.6 is 0 Å². The fourth-order valence-electron chi connectivity index (χ4n) is 10.8. The van der Waals surface area contributed by atoms with Gasteiger partial charge in [0.1, 0.15) is 13.2 Å². The summed E-state index contributed by atoms with van der Waals surface area (Å²) in [7, 11) is 0. The van der Waals surface area contributed by atoms with Crippen molar-refractivity contribution >= 4 is 45.9 Å². The molecule has 1 aromatic heterocycles. The molecule has 3 aromatic rings. The van der Waals surface area contributed by atoms with Gasteiger partial charge in [0.15, 0.2) is 11.6 Å². The smallest absolute Gasteiger partial charge is 0.306 e. The third-order valence-corrected chi connectivity index (χ3v) is 13.3. The minimum absolute atomic E-state index is 0.00212. The highest BCUT2D eigenvalue weighted by Gasteiger charge is 2.64. The first-order chi connectivity index (χ1) is 26.8. The molecule has 3 saturated carbocycles. The molecule has 0 spiro atoms. The first-order valence-electron chi connectivity index (χ1n) is 19.7. The van der Waals surface area contributed by atoms with Crippen LogP contribution in [0.3, 0.4) is 0 Å². The molecule has 0 bridgehead atoms. The molecule has 4 aliphatic rings. The van der Waals surface area contributed by atoms with Crippen molar-refractivity contribution < 1.29 is 38.6 Å². The van der Waals surface area contributed by atoms with Gasteiger partial charge in [-0.3, -0.25) is 29.0 Å². The lowest BCUT2D eigenvalue weighted by Gasteiger charge is -2.58. The predicted molar refractivity (Wildman–Crippen MR) is 210 cm³/mol. The van der Waals surface area contributed by atoms with Crippen molar-refractivity contribution in [3.05, 3.63) is 95.9 Å². The molecule has 0 radical (unpaired) electrons. The first-order valence-corrected chi connectivity index (χ1v) is 19.7. The number of ketones is 2. The lowest BCUT2D eigenvalue weighted by molar-refractivity contribution is -0.156. The Morgan fingerprint density at radius 3 is 2.52 bits per heavy atom. The number of pyridine rings is 1. The number of anilines is 1. The van der Waals surface area contributed by atoms with Gasteiger partial charge in [-0.2, -0.15) is 0 Å². The molecule has 0 aliphatic heterocycles. The van der Waals surface area contributed by atoms with Crippen LogP contribution in [0.15, 0.2) is 84.7 Å². The van der Waals surface area contributed by atoms with Crippen LogP contribution in [0.5, 0.6) is 0 Å². The summed E-state index contributed by atoms with van der Waals surface area (Å²) in [6, 6.07) is 14.6. The second-order valence-electron chi connectivity index (χ2n) is 16.7. The molecule has 4 N–H and O–H groups in total. The number of aromatic nitrogens is 1. The number of carbonyl (C=O) groups excluding carboxylic acids is 5. The number of amides is 1. The maximum absolute atomic E-state index is 13.7. The predicted octanol–water partition coefficient (Wildman–Crippen LogP) is 5.99. The van der Waals surface area contributed by atoms with Gasteiger partial charge in [0.05, 0.1) is 24.9 Å². The Morgan fingerprint density at radius 2 is 1.77 bits per heavy atom. The molecule has 3 unspecified atom stereocenters. The Bertz CT molecular complexity index is 2090. The lowest BCUT2D eigenvalue weighted by atomic mass is 9.46. The number of nitrogens with one attached hydrogen (secondary N) is 1. The van der Waals surface area contributed by atoms with E-state index in [1.54, 1.807) is 48.8 Å². The van der Waals surface area contributed by atoms with E-state index in [2.05, 4.69) is 31.1 Å². The second kappa shape index (κ2) is 15.9. The first kappa shape index (κ1) is 39.2. The van der Waals surface area contributed by atoms with Gasteiger partial charge in [0, 0.05) is 47.3 Å². The molecule has 1 amide bonds. The summed E-state index contributed by atoms with van der Waals surface area (Å²) in [5.41, 5.74) is 8.34. The third kappa shape index (κ3) is 7.59. The van der Waals surface area contributed by atoms with Crippen molar-refractivity contribution in [2.45, 2.75) is 77.9 Å². The summed E-state index contributed by atoms with van der Waals surface area (Å²) in [5, 5.41) is 16.5. The van der Waals surface area contributed by atoms with Crippen molar-refractivity contribution in [2.24, 2.45) is 46.2 Å². The Hall–Kier alpha value is -5.00. The topological polar surface area (TPSA) is 175 Å². The fourth-order valence-corrected chi connectivity index (χ4v) is 10.8. The van der Waals surface area contributed by atoms with E-state index in [1.165, 1.54) is 0 Å². The van der Waals surface area contributed by atoms with E-state index in [-0.39, 0.29) is 85.1 Å². The largest absolute Gasteiger partial charge is 0.461 e.